The molecule has 4 aromatic rings. The van der Waals surface area contributed by atoms with Gasteiger partial charge in [-0.2, -0.15) is 4.68 Å². The quantitative estimate of drug-likeness (QED) is 0.518. The van der Waals surface area contributed by atoms with Gasteiger partial charge in [0.25, 0.3) is 5.56 Å². The van der Waals surface area contributed by atoms with Gasteiger partial charge in [-0.05, 0) is 24.3 Å². The van der Waals surface area contributed by atoms with E-state index in [1.165, 1.54) is 22.7 Å². The average molecular weight is 406 g/mol. The van der Waals surface area contributed by atoms with Gasteiger partial charge in [-0.3, -0.25) is 14.2 Å². The number of nitrogens with one attached hydrogen (secondary N) is 1. The zero-order chi connectivity index (χ0) is 21.1. The Bertz CT molecular complexity index is 1280. The summed E-state index contributed by atoms with van der Waals surface area (Å²) in [5.41, 5.74) is 1.04. The van der Waals surface area contributed by atoms with E-state index >= 15 is 0 Å². The number of fused-ring (bicyclic) bond motifs is 1. The van der Waals surface area contributed by atoms with Crippen LogP contribution in [0.3, 0.4) is 0 Å². The number of methoxy groups -OCH3 is 2. The highest BCUT2D eigenvalue weighted by molar-refractivity contribution is 5.92. The van der Waals surface area contributed by atoms with Crippen LogP contribution in [-0.4, -0.2) is 44.7 Å². The standard InChI is InChI=1S/C20H18N6O4/c1-29-14-7-5-6-13(10-14)26-19-18(23-24-26)20(28)25(12-21-19)11-17(27)22-15-8-3-4-9-16(15)30-2/h3-10,12H,11H2,1-2H3,(H,22,27). The molecule has 0 radical (unpaired) electrons. The SMILES string of the molecule is COc1cccc(-n2nnc3c(=O)n(CC(=O)Nc4ccccc4OC)cnc32)c1. The van der Waals surface area contributed by atoms with Crippen LogP contribution < -0.4 is 20.3 Å². The van der Waals surface area contributed by atoms with Gasteiger partial charge in [0.2, 0.25) is 5.91 Å². The van der Waals surface area contributed by atoms with Gasteiger partial charge in [-0.25, -0.2) is 4.98 Å². The zero-order valence-corrected chi connectivity index (χ0v) is 16.3. The first kappa shape index (κ1) is 19.1. The number of rotatable bonds is 6. The fourth-order valence-corrected chi connectivity index (χ4v) is 2.97. The normalized spacial score (nSPS) is 10.7. The summed E-state index contributed by atoms with van der Waals surface area (Å²) in [5, 5.41) is 10.7. The summed E-state index contributed by atoms with van der Waals surface area (Å²) in [6.07, 6.45) is 1.30. The lowest BCUT2D eigenvalue weighted by molar-refractivity contribution is -0.116. The molecule has 1 N–H and O–H groups in total. The number of ether oxygens (including phenoxy) is 2. The van der Waals surface area contributed by atoms with Crippen LogP contribution in [0.4, 0.5) is 5.69 Å². The van der Waals surface area contributed by atoms with Gasteiger partial charge in [0.1, 0.15) is 24.4 Å². The van der Waals surface area contributed by atoms with Crippen molar-refractivity contribution in [3.05, 3.63) is 65.2 Å². The van der Waals surface area contributed by atoms with E-state index in [4.69, 9.17) is 9.47 Å². The van der Waals surface area contributed by atoms with Crippen molar-refractivity contribution in [2.24, 2.45) is 0 Å². The molecule has 0 saturated heterocycles. The molecular formula is C20H18N6O4. The lowest BCUT2D eigenvalue weighted by Gasteiger charge is -2.10. The molecule has 2 aromatic heterocycles. The Hall–Kier alpha value is -4.21. The number of carbonyl (C=O) groups is 1. The number of hydrogen-bond donors (Lipinski definition) is 1. The van der Waals surface area contributed by atoms with Crippen LogP contribution in [0.5, 0.6) is 11.5 Å². The van der Waals surface area contributed by atoms with Crippen LogP contribution >= 0.6 is 0 Å². The Morgan fingerprint density at radius 2 is 1.93 bits per heavy atom. The molecule has 1 amide bonds. The summed E-state index contributed by atoms with van der Waals surface area (Å²) < 4.78 is 13.1. The second-order valence-corrected chi connectivity index (χ2v) is 6.30. The molecule has 2 heterocycles. The lowest BCUT2D eigenvalue weighted by atomic mass is 10.3. The second kappa shape index (κ2) is 8.03. The Balaban J connectivity index is 1.61. The van der Waals surface area contributed by atoms with Gasteiger partial charge in [0.05, 0.1) is 25.6 Å². The third-order valence-corrected chi connectivity index (χ3v) is 4.42. The maximum atomic E-state index is 12.8. The smallest absolute Gasteiger partial charge is 0.284 e. The first-order valence-corrected chi connectivity index (χ1v) is 8.99. The van der Waals surface area contributed by atoms with Crippen molar-refractivity contribution in [2.75, 3.05) is 19.5 Å². The molecule has 30 heavy (non-hydrogen) atoms. The number of benzene rings is 2. The van der Waals surface area contributed by atoms with Crippen LogP contribution in [0, 0.1) is 0 Å². The predicted molar refractivity (Wildman–Crippen MR) is 109 cm³/mol. The van der Waals surface area contributed by atoms with Crippen LogP contribution in [0.2, 0.25) is 0 Å². The van der Waals surface area contributed by atoms with E-state index < -0.39 is 11.5 Å². The highest BCUT2D eigenvalue weighted by Crippen LogP contribution is 2.23. The minimum atomic E-state index is -0.468. The van der Waals surface area contributed by atoms with Gasteiger partial charge < -0.3 is 14.8 Å². The molecule has 0 aliphatic carbocycles. The predicted octanol–water partition coefficient (Wildman–Crippen LogP) is 1.63. The minimum absolute atomic E-state index is 0.0606. The van der Waals surface area contributed by atoms with Crippen LogP contribution in [-0.2, 0) is 11.3 Å². The number of anilines is 1. The third-order valence-electron chi connectivity index (χ3n) is 4.42. The number of hydrogen-bond acceptors (Lipinski definition) is 7. The van der Waals surface area contributed by atoms with E-state index in [2.05, 4.69) is 20.6 Å². The monoisotopic (exact) mass is 406 g/mol. The summed E-state index contributed by atoms with van der Waals surface area (Å²) in [6, 6.07) is 14.1. The molecule has 0 fully saturated rings. The number of para-hydroxylation sites is 2. The van der Waals surface area contributed by atoms with Crippen molar-refractivity contribution in [1.29, 1.82) is 0 Å². The molecule has 0 bridgehead atoms. The van der Waals surface area contributed by atoms with Crippen LogP contribution in [0.25, 0.3) is 16.9 Å². The van der Waals surface area contributed by atoms with Crippen molar-refractivity contribution < 1.29 is 14.3 Å². The summed E-state index contributed by atoms with van der Waals surface area (Å²) in [7, 11) is 3.07. The summed E-state index contributed by atoms with van der Waals surface area (Å²) >= 11 is 0. The Morgan fingerprint density at radius 3 is 2.73 bits per heavy atom. The molecule has 0 unspecified atom stereocenters. The van der Waals surface area contributed by atoms with E-state index in [-0.39, 0.29) is 17.7 Å². The Kier molecular flexibility index (Phi) is 5.12. The molecular weight excluding hydrogens is 388 g/mol. The summed E-state index contributed by atoms with van der Waals surface area (Å²) in [4.78, 5) is 29.5. The summed E-state index contributed by atoms with van der Waals surface area (Å²) in [5.74, 6) is 0.758. The maximum Gasteiger partial charge on any atom is 0.284 e. The second-order valence-electron chi connectivity index (χ2n) is 6.30. The molecule has 10 nitrogen and oxygen atoms in total. The number of nitrogens with zero attached hydrogens (tertiary/aromatic N) is 5. The van der Waals surface area contributed by atoms with Gasteiger partial charge in [0.15, 0.2) is 11.2 Å². The Morgan fingerprint density at radius 1 is 1.10 bits per heavy atom. The van der Waals surface area contributed by atoms with E-state index in [9.17, 15) is 9.59 Å². The van der Waals surface area contributed by atoms with Gasteiger partial charge in [-0.1, -0.05) is 23.4 Å². The van der Waals surface area contributed by atoms with Crippen LogP contribution in [0.1, 0.15) is 0 Å². The van der Waals surface area contributed by atoms with Gasteiger partial charge in [0, 0.05) is 6.07 Å². The van der Waals surface area contributed by atoms with E-state index in [0.29, 0.717) is 22.9 Å². The molecule has 2 aromatic carbocycles. The van der Waals surface area contributed by atoms with Crippen molar-refractivity contribution in [3.63, 3.8) is 0 Å². The summed E-state index contributed by atoms with van der Waals surface area (Å²) in [6.45, 7) is -0.230. The molecule has 0 atom stereocenters. The minimum Gasteiger partial charge on any atom is -0.497 e. The molecule has 0 aliphatic rings. The largest absolute Gasteiger partial charge is 0.497 e. The fraction of sp³-hybridized carbons (Fsp3) is 0.150. The van der Waals surface area contributed by atoms with Crippen molar-refractivity contribution in [2.45, 2.75) is 6.54 Å². The number of carbonyl (C=O) groups excluding carboxylic acids is 1. The lowest BCUT2D eigenvalue weighted by Crippen LogP contribution is -2.28. The zero-order valence-electron chi connectivity index (χ0n) is 16.3. The van der Waals surface area contributed by atoms with Crippen molar-refractivity contribution in [3.8, 4) is 17.2 Å². The molecule has 0 aliphatic heterocycles. The van der Waals surface area contributed by atoms with E-state index in [0.717, 1.165) is 0 Å². The van der Waals surface area contributed by atoms with Crippen molar-refractivity contribution in [1.82, 2.24) is 24.5 Å². The fourth-order valence-electron chi connectivity index (χ4n) is 2.97. The first-order valence-electron chi connectivity index (χ1n) is 8.99. The van der Waals surface area contributed by atoms with Gasteiger partial charge in [-0.15, -0.1) is 5.10 Å². The maximum absolute atomic E-state index is 12.8. The highest BCUT2D eigenvalue weighted by atomic mass is 16.5. The van der Waals surface area contributed by atoms with Crippen molar-refractivity contribution >= 4 is 22.8 Å². The first-order chi connectivity index (χ1) is 14.6. The molecule has 152 valence electrons. The highest BCUT2D eigenvalue weighted by Gasteiger charge is 2.16. The van der Waals surface area contributed by atoms with E-state index in [1.807, 2.05) is 0 Å². The third kappa shape index (κ3) is 3.58. The van der Waals surface area contributed by atoms with Crippen LogP contribution in [0.15, 0.2) is 59.7 Å². The average Bonchev–Trinajstić information content (AvgIpc) is 3.21. The molecule has 4 rings (SSSR count). The topological polar surface area (TPSA) is 113 Å². The molecule has 0 saturated carbocycles. The number of amides is 1. The van der Waals surface area contributed by atoms with E-state index in [1.54, 1.807) is 55.6 Å². The molecule has 0 spiro atoms. The molecule has 10 heteroatoms. The Labute approximate surface area is 170 Å². The number of aromatic nitrogens is 5. The van der Waals surface area contributed by atoms with Gasteiger partial charge >= 0.3 is 0 Å².